The Morgan fingerprint density at radius 3 is 2.50 bits per heavy atom. The summed E-state index contributed by atoms with van der Waals surface area (Å²) in [5, 5.41) is 14.6. The lowest BCUT2D eigenvalue weighted by Gasteiger charge is -2.26. The standard InChI is InChI=1S/C15H20N2O3/c1-9-5-4-6-12(10(9)2)16-14(20)17-15(3,13(18)19)11-7-8-11/h4-6,11H,7-8H2,1-3H3,(H,18,19)(H2,16,17,20). The molecule has 3 N–H and O–H groups in total. The highest BCUT2D eigenvalue weighted by Crippen LogP contribution is 2.39. The molecule has 5 heteroatoms. The highest BCUT2D eigenvalue weighted by molar-refractivity contribution is 5.94. The number of nitrogens with one attached hydrogen (secondary N) is 2. The lowest BCUT2D eigenvalue weighted by molar-refractivity contribution is -0.144. The Morgan fingerprint density at radius 2 is 1.95 bits per heavy atom. The van der Waals surface area contributed by atoms with Gasteiger partial charge in [0.1, 0.15) is 5.54 Å². The van der Waals surface area contributed by atoms with E-state index in [-0.39, 0.29) is 5.92 Å². The van der Waals surface area contributed by atoms with E-state index >= 15 is 0 Å². The predicted molar refractivity (Wildman–Crippen MR) is 76.8 cm³/mol. The molecule has 2 rings (SSSR count). The van der Waals surface area contributed by atoms with E-state index in [1.165, 1.54) is 0 Å². The number of hydrogen-bond acceptors (Lipinski definition) is 2. The number of carbonyl (C=O) groups excluding carboxylic acids is 1. The summed E-state index contributed by atoms with van der Waals surface area (Å²) in [5.74, 6) is -0.972. The Bertz CT molecular complexity index is 552. The van der Waals surface area contributed by atoms with E-state index in [4.69, 9.17) is 0 Å². The Kier molecular flexibility index (Phi) is 3.70. The Morgan fingerprint density at radius 1 is 1.30 bits per heavy atom. The number of aryl methyl sites for hydroxylation is 1. The van der Waals surface area contributed by atoms with Crippen LogP contribution in [0.15, 0.2) is 18.2 Å². The van der Waals surface area contributed by atoms with E-state index in [9.17, 15) is 14.7 Å². The zero-order chi connectivity index (χ0) is 14.9. The molecule has 1 atom stereocenters. The van der Waals surface area contributed by atoms with Gasteiger partial charge in [0.25, 0.3) is 0 Å². The molecule has 0 bridgehead atoms. The minimum absolute atomic E-state index is 0.0179. The third-order valence-electron chi connectivity index (χ3n) is 4.06. The van der Waals surface area contributed by atoms with E-state index in [1.54, 1.807) is 13.0 Å². The first-order valence-corrected chi connectivity index (χ1v) is 6.73. The van der Waals surface area contributed by atoms with Gasteiger partial charge in [0.2, 0.25) is 0 Å². The average molecular weight is 276 g/mol. The van der Waals surface area contributed by atoms with Gasteiger partial charge in [-0.15, -0.1) is 0 Å². The van der Waals surface area contributed by atoms with Gasteiger partial charge >= 0.3 is 12.0 Å². The molecule has 0 aliphatic heterocycles. The quantitative estimate of drug-likeness (QED) is 0.791. The lowest BCUT2D eigenvalue weighted by atomic mass is 9.96. The van der Waals surface area contributed by atoms with Gasteiger partial charge in [0, 0.05) is 5.69 Å². The van der Waals surface area contributed by atoms with Crippen molar-refractivity contribution in [1.82, 2.24) is 5.32 Å². The summed E-state index contributed by atoms with van der Waals surface area (Å²) in [4.78, 5) is 23.4. The molecule has 108 valence electrons. The van der Waals surface area contributed by atoms with Gasteiger partial charge in [-0.05, 0) is 56.7 Å². The fourth-order valence-electron chi connectivity index (χ4n) is 2.27. The molecule has 1 aromatic carbocycles. The number of carboxylic acid groups (broad SMARTS) is 1. The van der Waals surface area contributed by atoms with Gasteiger partial charge in [-0.3, -0.25) is 0 Å². The predicted octanol–water partition coefficient (Wildman–Crippen LogP) is 2.68. The summed E-state index contributed by atoms with van der Waals surface area (Å²) in [6.45, 7) is 5.45. The maximum Gasteiger partial charge on any atom is 0.329 e. The zero-order valence-electron chi connectivity index (χ0n) is 12.0. The van der Waals surface area contributed by atoms with Crippen molar-refractivity contribution in [2.24, 2.45) is 5.92 Å². The molecule has 1 unspecified atom stereocenters. The van der Waals surface area contributed by atoms with Crippen LogP contribution in [-0.4, -0.2) is 22.6 Å². The molecular formula is C15H20N2O3. The molecular weight excluding hydrogens is 256 g/mol. The minimum atomic E-state index is -1.19. The maximum absolute atomic E-state index is 12.0. The smallest absolute Gasteiger partial charge is 0.329 e. The van der Waals surface area contributed by atoms with Gasteiger partial charge in [0.15, 0.2) is 0 Å². The number of urea groups is 1. The second kappa shape index (κ2) is 5.15. The molecule has 1 fully saturated rings. The van der Waals surface area contributed by atoms with E-state index in [1.807, 2.05) is 26.0 Å². The van der Waals surface area contributed by atoms with Crippen LogP contribution in [0.4, 0.5) is 10.5 Å². The minimum Gasteiger partial charge on any atom is -0.480 e. The highest BCUT2D eigenvalue weighted by atomic mass is 16.4. The number of carbonyl (C=O) groups is 2. The molecule has 0 spiro atoms. The number of anilines is 1. The normalized spacial score (nSPS) is 17.1. The summed E-state index contributed by atoms with van der Waals surface area (Å²) in [7, 11) is 0. The summed E-state index contributed by atoms with van der Waals surface area (Å²) < 4.78 is 0. The van der Waals surface area contributed by atoms with E-state index in [0.29, 0.717) is 5.69 Å². The molecule has 2 amide bonds. The largest absolute Gasteiger partial charge is 0.480 e. The van der Waals surface area contributed by atoms with Crippen LogP contribution in [0.1, 0.15) is 30.9 Å². The number of amides is 2. The van der Waals surface area contributed by atoms with Crippen LogP contribution in [0, 0.1) is 19.8 Å². The number of rotatable bonds is 4. The topological polar surface area (TPSA) is 78.4 Å². The van der Waals surface area contributed by atoms with Gasteiger partial charge in [-0.2, -0.15) is 0 Å². The molecule has 0 radical (unpaired) electrons. The van der Waals surface area contributed by atoms with Crippen molar-refractivity contribution in [2.45, 2.75) is 39.2 Å². The molecule has 1 saturated carbocycles. The van der Waals surface area contributed by atoms with Crippen molar-refractivity contribution < 1.29 is 14.7 Å². The first-order chi connectivity index (χ1) is 9.34. The molecule has 5 nitrogen and oxygen atoms in total. The van der Waals surface area contributed by atoms with Crippen LogP contribution >= 0.6 is 0 Å². The first-order valence-electron chi connectivity index (χ1n) is 6.73. The van der Waals surface area contributed by atoms with Crippen LogP contribution in [0.25, 0.3) is 0 Å². The second-order valence-electron chi connectivity index (χ2n) is 5.61. The molecule has 1 aliphatic carbocycles. The average Bonchev–Trinajstić information content (AvgIpc) is 3.19. The molecule has 20 heavy (non-hydrogen) atoms. The lowest BCUT2D eigenvalue weighted by Crippen LogP contribution is -2.55. The van der Waals surface area contributed by atoms with Crippen LogP contribution in [0.2, 0.25) is 0 Å². The fraction of sp³-hybridized carbons (Fsp3) is 0.467. The maximum atomic E-state index is 12.0. The highest BCUT2D eigenvalue weighted by Gasteiger charge is 2.48. The van der Waals surface area contributed by atoms with Gasteiger partial charge < -0.3 is 15.7 Å². The SMILES string of the molecule is Cc1cccc(NC(=O)NC(C)(C(=O)O)C2CC2)c1C. The van der Waals surface area contributed by atoms with Crippen LogP contribution in [0.5, 0.6) is 0 Å². The molecule has 0 heterocycles. The molecule has 0 saturated heterocycles. The summed E-state index contributed by atoms with van der Waals surface area (Å²) >= 11 is 0. The number of carboxylic acids is 1. The van der Waals surface area contributed by atoms with Crippen LogP contribution < -0.4 is 10.6 Å². The van der Waals surface area contributed by atoms with Gasteiger partial charge in [-0.25, -0.2) is 9.59 Å². The van der Waals surface area contributed by atoms with Crippen molar-refractivity contribution in [2.75, 3.05) is 5.32 Å². The van der Waals surface area contributed by atoms with E-state index in [0.717, 1.165) is 24.0 Å². The third kappa shape index (κ3) is 2.76. The number of aliphatic carboxylic acids is 1. The van der Waals surface area contributed by atoms with Gasteiger partial charge in [-0.1, -0.05) is 12.1 Å². The summed E-state index contributed by atoms with van der Waals surface area (Å²) in [5.41, 5.74) is 1.56. The monoisotopic (exact) mass is 276 g/mol. The van der Waals surface area contributed by atoms with Crippen LogP contribution in [-0.2, 0) is 4.79 Å². The summed E-state index contributed by atoms with van der Waals surface area (Å²) in [6, 6.07) is 5.14. The Labute approximate surface area is 118 Å². The summed E-state index contributed by atoms with van der Waals surface area (Å²) in [6.07, 6.45) is 1.68. The van der Waals surface area contributed by atoms with Crippen molar-refractivity contribution >= 4 is 17.7 Å². The van der Waals surface area contributed by atoms with Gasteiger partial charge in [0.05, 0.1) is 0 Å². The second-order valence-corrected chi connectivity index (χ2v) is 5.61. The van der Waals surface area contributed by atoms with Crippen molar-refractivity contribution in [3.63, 3.8) is 0 Å². The number of hydrogen-bond donors (Lipinski definition) is 3. The number of benzene rings is 1. The fourth-order valence-corrected chi connectivity index (χ4v) is 2.27. The molecule has 0 aromatic heterocycles. The first kappa shape index (κ1) is 14.4. The third-order valence-corrected chi connectivity index (χ3v) is 4.06. The van der Waals surface area contributed by atoms with Crippen molar-refractivity contribution in [3.05, 3.63) is 29.3 Å². The zero-order valence-corrected chi connectivity index (χ0v) is 12.0. The Hall–Kier alpha value is -2.04. The Balaban J connectivity index is 2.09. The van der Waals surface area contributed by atoms with Crippen molar-refractivity contribution in [1.29, 1.82) is 0 Å². The molecule has 1 aromatic rings. The van der Waals surface area contributed by atoms with Crippen LogP contribution in [0.3, 0.4) is 0 Å². The van der Waals surface area contributed by atoms with E-state index < -0.39 is 17.5 Å². The van der Waals surface area contributed by atoms with E-state index in [2.05, 4.69) is 10.6 Å². The molecule has 1 aliphatic rings. The van der Waals surface area contributed by atoms with Crippen molar-refractivity contribution in [3.8, 4) is 0 Å².